The molecular formula is C20H20N4O. The highest BCUT2D eigenvalue weighted by molar-refractivity contribution is 5.94. The molecule has 0 bridgehead atoms. The van der Waals surface area contributed by atoms with Gasteiger partial charge in [0.05, 0.1) is 5.69 Å². The Morgan fingerprint density at radius 2 is 1.80 bits per heavy atom. The standard InChI is InChI=1S/C20H20N4O/c25-20(24-13-8-16(9-14-24)19-22-11-12-23-19)17-6-4-15(5-7-17)18-3-1-2-10-21-18/h1-7,10-12,16H,8-9,13-14H2,(H,22,23). The summed E-state index contributed by atoms with van der Waals surface area (Å²) in [6.07, 6.45) is 7.32. The Balaban J connectivity index is 1.41. The van der Waals surface area contributed by atoms with Crippen molar-refractivity contribution in [1.82, 2.24) is 19.9 Å². The lowest BCUT2D eigenvalue weighted by atomic mass is 9.95. The molecule has 0 spiro atoms. The van der Waals surface area contributed by atoms with Crippen LogP contribution in [0.2, 0.25) is 0 Å². The fourth-order valence-corrected chi connectivity index (χ4v) is 3.36. The number of amides is 1. The van der Waals surface area contributed by atoms with Crippen molar-refractivity contribution in [2.45, 2.75) is 18.8 Å². The molecule has 2 aromatic heterocycles. The van der Waals surface area contributed by atoms with E-state index in [9.17, 15) is 4.79 Å². The van der Waals surface area contributed by atoms with Crippen LogP contribution in [0.5, 0.6) is 0 Å². The van der Waals surface area contributed by atoms with E-state index in [1.807, 2.05) is 53.6 Å². The van der Waals surface area contributed by atoms with Gasteiger partial charge in [0.2, 0.25) is 0 Å². The maximum atomic E-state index is 12.7. The molecular weight excluding hydrogens is 312 g/mol. The summed E-state index contributed by atoms with van der Waals surface area (Å²) >= 11 is 0. The quantitative estimate of drug-likeness (QED) is 0.798. The van der Waals surface area contributed by atoms with Crippen LogP contribution >= 0.6 is 0 Å². The number of hydrogen-bond donors (Lipinski definition) is 1. The fraction of sp³-hybridized carbons (Fsp3) is 0.250. The summed E-state index contributed by atoms with van der Waals surface area (Å²) in [7, 11) is 0. The molecule has 1 fully saturated rings. The number of aromatic amines is 1. The monoisotopic (exact) mass is 332 g/mol. The Morgan fingerprint density at radius 3 is 2.44 bits per heavy atom. The van der Waals surface area contributed by atoms with Crippen molar-refractivity contribution in [2.24, 2.45) is 0 Å². The number of carbonyl (C=O) groups is 1. The van der Waals surface area contributed by atoms with Gasteiger partial charge in [-0.05, 0) is 37.1 Å². The number of rotatable bonds is 3. The van der Waals surface area contributed by atoms with Crippen LogP contribution in [0.25, 0.3) is 11.3 Å². The lowest BCUT2D eigenvalue weighted by molar-refractivity contribution is 0.0711. The summed E-state index contributed by atoms with van der Waals surface area (Å²) < 4.78 is 0. The fourth-order valence-electron chi connectivity index (χ4n) is 3.36. The first-order chi connectivity index (χ1) is 12.3. The number of imidazole rings is 1. The molecule has 126 valence electrons. The van der Waals surface area contributed by atoms with E-state index in [1.165, 1.54) is 0 Å². The van der Waals surface area contributed by atoms with E-state index in [2.05, 4.69) is 15.0 Å². The largest absolute Gasteiger partial charge is 0.348 e. The van der Waals surface area contributed by atoms with Gasteiger partial charge in [-0.25, -0.2) is 4.98 Å². The number of H-pyrrole nitrogens is 1. The van der Waals surface area contributed by atoms with Gasteiger partial charge in [-0.15, -0.1) is 0 Å². The van der Waals surface area contributed by atoms with Crippen LogP contribution in [0.1, 0.15) is 34.9 Å². The van der Waals surface area contributed by atoms with Gasteiger partial charge in [0.1, 0.15) is 5.82 Å². The summed E-state index contributed by atoms with van der Waals surface area (Å²) in [5.41, 5.74) is 2.67. The highest BCUT2D eigenvalue weighted by Gasteiger charge is 2.25. The van der Waals surface area contributed by atoms with E-state index in [1.54, 1.807) is 12.4 Å². The van der Waals surface area contributed by atoms with Crippen molar-refractivity contribution in [3.05, 3.63) is 72.4 Å². The Kier molecular flexibility index (Phi) is 4.29. The zero-order chi connectivity index (χ0) is 17.1. The van der Waals surface area contributed by atoms with Gasteiger partial charge in [-0.3, -0.25) is 9.78 Å². The Hall–Kier alpha value is -2.95. The lowest BCUT2D eigenvalue weighted by Gasteiger charge is -2.31. The minimum Gasteiger partial charge on any atom is -0.348 e. The molecule has 1 aliphatic heterocycles. The molecule has 5 heteroatoms. The van der Waals surface area contributed by atoms with Crippen LogP contribution in [0.3, 0.4) is 0 Å². The van der Waals surface area contributed by atoms with Crippen LogP contribution < -0.4 is 0 Å². The van der Waals surface area contributed by atoms with Gasteiger partial charge in [0.15, 0.2) is 0 Å². The highest BCUT2D eigenvalue weighted by Crippen LogP contribution is 2.26. The van der Waals surface area contributed by atoms with E-state index in [0.717, 1.165) is 48.6 Å². The van der Waals surface area contributed by atoms with Gasteiger partial charge < -0.3 is 9.88 Å². The molecule has 0 aliphatic carbocycles. The molecule has 0 unspecified atom stereocenters. The molecule has 4 rings (SSSR count). The topological polar surface area (TPSA) is 61.9 Å². The Morgan fingerprint density at radius 1 is 1.00 bits per heavy atom. The second kappa shape index (κ2) is 6.89. The van der Waals surface area contributed by atoms with E-state index in [0.29, 0.717) is 5.92 Å². The number of hydrogen-bond acceptors (Lipinski definition) is 3. The number of aromatic nitrogens is 3. The SMILES string of the molecule is O=C(c1ccc(-c2ccccn2)cc1)N1CCC(c2ncc[nH]2)CC1. The van der Waals surface area contributed by atoms with Gasteiger partial charge in [0, 0.05) is 48.7 Å². The van der Waals surface area contributed by atoms with E-state index >= 15 is 0 Å². The van der Waals surface area contributed by atoms with E-state index < -0.39 is 0 Å². The smallest absolute Gasteiger partial charge is 0.253 e. The van der Waals surface area contributed by atoms with Crippen molar-refractivity contribution in [3.8, 4) is 11.3 Å². The van der Waals surface area contributed by atoms with Crippen LogP contribution in [0.4, 0.5) is 0 Å². The number of benzene rings is 1. The van der Waals surface area contributed by atoms with Crippen molar-refractivity contribution in [2.75, 3.05) is 13.1 Å². The second-order valence-electron chi connectivity index (χ2n) is 6.33. The maximum absolute atomic E-state index is 12.7. The van der Waals surface area contributed by atoms with Crippen molar-refractivity contribution in [3.63, 3.8) is 0 Å². The first kappa shape index (κ1) is 15.6. The molecule has 3 heterocycles. The Bertz CT molecular complexity index is 820. The first-order valence-electron chi connectivity index (χ1n) is 8.61. The van der Waals surface area contributed by atoms with Crippen LogP contribution in [0, 0.1) is 0 Å². The zero-order valence-electron chi connectivity index (χ0n) is 13.9. The summed E-state index contributed by atoms with van der Waals surface area (Å²) in [4.78, 5) is 26.5. The van der Waals surface area contributed by atoms with Crippen LogP contribution in [-0.4, -0.2) is 38.8 Å². The summed E-state index contributed by atoms with van der Waals surface area (Å²) in [6.45, 7) is 1.54. The number of carbonyl (C=O) groups excluding carboxylic acids is 1. The second-order valence-corrected chi connectivity index (χ2v) is 6.33. The molecule has 25 heavy (non-hydrogen) atoms. The normalized spacial score (nSPS) is 15.3. The molecule has 0 saturated carbocycles. The van der Waals surface area contributed by atoms with Crippen LogP contribution in [0.15, 0.2) is 61.1 Å². The average Bonchev–Trinajstić information content (AvgIpc) is 3.23. The molecule has 0 atom stereocenters. The van der Waals surface area contributed by atoms with E-state index in [4.69, 9.17) is 0 Å². The van der Waals surface area contributed by atoms with Gasteiger partial charge >= 0.3 is 0 Å². The molecule has 5 nitrogen and oxygen atoms in total. The minimum absolute atomic E-state index is 0.102. The molecule has 1 amide bonds. The zero-order valence-corrected chi connectivity index (χ0v) is 13.9. The summed E-state index contributed by atoms with van der Waals surface area (Å²) in [5, 5.41) is 0. The van der Waals surface area contributed by atoms with Gasteiger partial charge in [-0.2, -0.15) is 0 Å². The molecule has 1 N–H and O–H groups in total. The van der Waals surface area contributed by atoms with Crippen molar-refractivity contribution < 1.29 is 4.79 Å². The molecule has 3 aromatic rings. The van der Waals surface area contributed by atoms with Crippen LogP contribution in [-0.2, 0) is 0 Å². The number of nitrogens with zero attached hydrogens (tertiary/aromatic N) is 3. The number of pyridine rings is 1. The third-order valence-electron chi connectivity index (χ3n) is 4.78. The molecule has 1 saturated heterocycles. The number of likely N-dealkylation sites (tertiary alicyclic amines) is 1. The summed E-state index contributed by atoms with van der Waals surface area (Å²) in [6, 6.07) is 13.5. The number of piperidine rings is 1. The summed E-state index contributed by atoms with van der Waals surface area (Å²) in [5.74, 6) is 1.56. The highest BCUT2D eigenvalue weighted by atomic mass is 16.2. The number of nitrogens with one attached hydrogen (secondary N) is 1. The average molecular weight is 332 g/mol. The van der Waals surface area contributed by atoms with Gasteiger partial charge in [-0.1, -0.05) is 18.2 Å². The predicted octanol–water partition coefficient (Wildman–Crippen LogP) is 3.49. The first-order valence-corrected chi connectivity index (χ1v) is 8.61. The third kappa shape index (κ3) is 3.31. The molecule has 1 aliphatic rings. The Labute approximate surface area is 146 Å². The lowest BCUT2D eigenvalue weighted by Crippen LogP contribution is -2.38. The van der Waals surface area contributed by atoms with Crippen molar-refractivity contribution >= 4 is 5.91 Å². The van der Waals surface area contributed by atoms with Crippen molar-refractivity contribution in [1.29, 1.82) is 0 Å². The molecule has 0 radical (unpaired) electrons. The molecule has 1 aromatic carbocycles. The predicted molar refractivity (Wildman–Crippen MR) is 96.1 cm³/mol. The third-order valence-corrected chi connectivity index (χ3v) is 4.78. The minimum atomic E-state index is 0.102. The van der Waals surface area contributed by atoms with E-state index in [-0.39, 0.29) is 5.91 Å². The maximum Gasteiger partial charge on any atom is 0.253 e. The van der Waals surface area contributed by atoms with Gasteiger partial charge in [0.25, 0.3) is 5.91 Å².